The van der Waals surface area contributed by atoms with Gasteiger partial charge in [-0.25, -0.2) is 12.8 Å². The number of ether oxygens (including phenoxy) is 1. The zero-order chi connectivity index (χ0) is 9.84. The summed E-state index contributed by atoms with van der Waals surface area (Å²) >= 11 is 1.02. The first-order valence-electron chi connectivity index (χ1n) is 3.35. The summed E-state index contributed by atoms with van der Waals surface area (Å²) in [6.07, 6.45) is 1.39. The van der Waals surface area contributed by atoms with Crippen LogP contribution in [0.25, 0.3) is 0 Å². The van der Waals surface area contributed by atoms with Gasteiger partial charge in [-0.05, 0) is 5.41 Å². The third kappa shape index (κ3) is 2.44. The lowest BCUT2D eigenvalue weighted by atomic mass is 10.3. The van der Waals surface area contributed by atoms with Crippen molar-refractivity contribution < 1.29 is 22.3 Å². The molecule has 0 fully saturated rings. The lowest BCUT2D eigenvalue weighted by molar-refractivity contribution is -0.146. The van der Waals surface area contributed by atoms with E-state index in [4.69, 9.17) is 0 Å². The SMILES string of the molecule is O=C(OCF)C1SC=CC1[SH](=O)=O. The summed E-state index contributed by atoms with van der Waals surface area (Å²) in [6, 6.07) is 0. The number of carbonyl (C=O) groups is 1. The molecule has 0 aliphatic carbocycles. The number of hydrogen-bond donors (Lipinski definition) is 1. The minimum absolute atomic E-state index is 0.832. The quantitative estimate of drug-likeness (QED) is 0.545. The van der Waals surface area contributed by atoms with E-state index in [1.165, 1.54) is 11.5 Å². The Hall–Kier alpha value is -0.560. The van der Waals surface area contributed by atoms with E-state index >= 15 is 0 Å². The maximum Gasteiger partial charge on any atom is 0.323 e. The Bertz CT molecular complexity index is 291. The second-order valence-corrected chi connectivity index (χ2v) is 4.45. The zero-order valence-corrected chi connectivity index (χ0v) is 8.09. The van der Waals surface area contributed by atoms with Gasteiger partial charge < -0.3 is 4.74 Å². The molecule has 0 aromatic rings. The van der Waals surface area contributed by atoms with Crippen molar-refractivity contribution in [1.29, 1.82) is 0 Å². The molecule has 0 spiro atoms. The molecule has 7 heteroatoms. The molecule has 2 atom stereocenters. The molecule has 1 aliphatic rings. The summed E-state index contributed by atoms with van der Waals surface area (Å²) in [5.41, 5.74) is 0. The van der Waals surface area contributed by atoms with Crippen LogP contribution >= 0.6 is 11.8 Å². The van der Waals surface area contributed by atoms with E-state index in [-0.39, 0.29) is 0 Å². The summed E-state index contributed by atoms with van der Waals surface area (Å²) in [5, 5.41) is -0.226. The van der Waals surface area contributed by atoms with E-state index in [1.807, 2.05) is 0 Å². The molecule has 1 aliphatic heterocycles. The Morgan fingerprint density at radius 2 is 2.31 bits per heavy atom. The first kappa shape index (κ1) is 10.5. The van der Waals surface area contributed by atoms with Crippen molar-refractivity contribution in [2.24, 2.45) is 0 Å². The van der Waals surface area contributed by atoms with Crippen molar-refractivity contribution in [3.8, 4) is 0 Å². The molecule has 1 heterocycles. The Morgan fingerprint density at radius 1 is 1.62 bits per heavy atom. The molecule has 0 radical (unpaired) electrons. The second-order valence-electron chi connectivity index (χ2n) is 2.23. The van der Waals surface area contributed by atoms with Gasteiger partial charge in [0, 0.05) is 0 Å². The summed E-state index contributed by atoms with van der Waals surface area (Å²) in [7, 11) is -2.72. The minimum Gasteiger partial charge on any atom is -0.433 e. The van der Waals surface area contributed by atoms with E-state index < -0.39 is 34.0 Å². The molecule has 0 bridgehead atoms. The molecular formula is C6H7FO4S2. The standard InChI is InChI=1S/C6H7FO4S2/c7-3-11-6(8)5-4(13(9)10)1-2-12-5/h1-2,4-5,13H,3H2. The Labute approximate surface area is 80.1 Å². The predicted octanol–water partition coefficient (Wildman–Crippen LogP) is 0.0657. The van der Waals surface area contributed by atoms with Crippen LogP contribution in [0.3, 0.4) is 0 Å². The van der Waals surface area contributed by atoms with E-state index in [0.717, 1.165) is 11.8 Å². The predicted molar refractivity (Wildman–Crippen MR) is 46.7 cm³/mol. The monoisotopic (exact) mass is 226 g/mol. The third-order valence-electron chi connectivity index (χ3n) is 1.48. The van der Waals surface area contributed by atoms with Gasteiger partial charge in [-0.1, -0.05) is 6.08 Å². The maximum absolute atomic E-state index is 11.6. The summed E-state index contributed by atoms with van der Waals surface area (Å²) in [6.45, 7) is -1.22. The van der Waals surface area contributed by atoms with E-state index in [1.54, 1.807) is 0 Å². The molecule has 1 rings (SSSR count). The Kier molecular flexibility index (Phi) is 3.73. The average Bonchev–Trinajstić information content (AvgIpc) is 2.52. The number of hydrogen-bond acceptors (Lipinski definition) is 5. The van der Waals surface area contributed by atoms with E-state index in [9.17, 15) is 17.6 Å². The highest BCUT2D eigenvalue weighted by Crippen LogP contribution is 2.27. The molecule has 0 saturated heterocycles. The lowest BCUT2D eigenvalue weighted by Crippen LogP contribution is -2.29. The van der Waals surface area contributed by atoms with Crippen LogP contribution in [0.15, 0.2) is 11.5 Å². The summed E-state index contributed by atoms with van der Waals surface area (Å²) in [4.78, 5) is 11.0. The number of esters is 1. The van der Waals surface area contributed by atoms with E-state index in [0.29, 0.717) is 0 Å². The van der Waals surface area contributed by atoms with Gasteiger partial charge in [0.25, 0.3) is 0 Å². The number of thioether (sulfide) groups is 1. The largest absolute Gasteiger partial charge is 0.433 e. The maximum atomic E-state index is 11.6. The topological polar surface area (TPSA) is 60.4 Å². The van der Waals surface area contributed by atoms with Crippen LogP contribution < -0.4 is 0 Å². The number of alkyl halides is 1. The van der Waals surface area contributed by atoms with Crippen molar-refractivity contribution in [1.82, 2.24) is 0 Å². The van der Waals surface area contributed by atoms with Gasteiger partial charge in [0.2, 0.25) is 6.86 Å². The highest BCUT2D eigenvalue weighted by molar-refractivity contribution is 8.04. The highest BCUT2D eigenvalue weighted by Gasteiger charge is 2.33. The Morgan fingerprint density at radius 3 is 2.85 bits per heavy atom. The fourth-order valence-corrected chi connectivity index (χ4v) is 2.96. The van der Waals surface area contributed by atoms with Gasteiger partial charge in [0.1, 0.15) is 21.2 Å². The van der Waals surface area contributed by atoms with Gasteiger partial charge >= 0.3 is 5.97 Å². The average molecular weight is 226 g/mol. The zero-order valence-electron chi connectivity index (χ0n) is 6.38. The highest BCUT2D eigenvalue weighted by atomic mass is 32.2. The fraction of sp³-hybridized carbons (Fsp3) is 0.500. The van der Waals surface area contributed by atoms with Crippen LogP contribution in [-0.2, 0) is 20.2 Å². The minimum atomic E-state index is -2.72. The molecule has 0 aromatic heterocycles. The van der Waals surface area contributed by atoms with Crippen LogP contribution in [0, 0.1) is 0 Å². The molecule has 0 N–H and O–H groups in total. The summed E-state index contributed by atoms with van der Waals surface area (Å²) < 4.78 is 36.9. The third-order valence-corrected chi connectivity index (χ3v) is 3.74. The molecule has 0 aromatic carbocycles. The van der Waals surface area contributed by atoms with Crippen LogP contribution in [0.2, 0.25) is 0 Å². The van der Waals surface area contributed by atoms with Gasteiger partial charge in [-0.15, -0.1) is 11.8 Å². The number of halogens is 1. The van der Waals surface area contributed by atoms with Gasteiger partial charge in [-0.2, -0.15) is 0 Å². The molecule has 74 valence electrons. The van der Waals surface area contributed by atoms with Gasteiger partial charge in [-0.3, -0.25) is 4.79 Å². The summed E-state index contributed by atoms with van der Waals surface area (Å²) in [5.74, 6) is -0.832. The Balaban J connectivity index is 2.66. The molecule has 4 nitrogen and oxygen atoms in total. The van der Waals surface area contributed by atoms with Gasteiger partial charge in [0.15, 0.2) is 0 Å². The van der Waals surface area contributed by atoms with Crippen LogP contribution in [0.1, 0.15) is 0 Å². The van der Waals surface area contributed by atoms with Crippen molar-refractivity contribution >= 4 is 28.4 Å². The van der Waals surface area contributed by atoms with Crippen LogP contribution in [0.4, 0.5) is 4.39 Å². The van der Waals surface area contributed by atoms with Crippen molar-refractivity contribution in [2.75, 3.05) is 6.86 Å². The molecule has 2 unspecified atom stereocenters. The number of thiol groups is 1. The van der Waals surface area contributed by atoms with Crippen LogP contribution in [0.5, 0.6) is 0 Å². The normalized spacial score (nSPS) is 26.6. The molecule has 0 saturated carbocycles. The van der Waals surface area contributed by atoms with E-state index in [2.05, 4.69) is 4.74 Å². The first-order valence-corrected chi connectivity index (χ1v) is 5.54. The van der Waals surface area contributed by atoms with Crippen molar-refractivity contribution in [2.45, 2.75) is 10.5 Å². The van der Waals surface area contributed by atoms with Gasteiger partial charge in [0.05, 0.1) is 0 Å². The van der Waals surface area contributed by atoms with Crippen molar-refractivity contribution in [3.05, 3.63) is 11.5 Å². The molecular weight excluding hydrogens is 219 g/mol. The smallest absolute Gasteiger partial charge is 0.323 e. The second kappa shape index (κ2) is 4.61. The number of rotatable bonds is 3. The molecule has 13 heavy (non-hydrogen) atoms. The van der Waals surface area contributed by atoms with Crippen molar-refractivity contribution in [3.63, 3.8) is 0 Å². The fourth-order valence-electron chi connectivity index (χ4n) is 0.904. The molecule has 0 amide bonds. The lowest BCUT2D eigenvalue weighted by Gasteiger charge is -2.10. The first-order chi connectivity index (χ1) is 6.16. The van der Waals surface area contributed by atoms with Crippen LogP contribution in [-0.4, -0.2) is 31.7 Å². The number of carbonyl (C=O) groups excluding carboxylic acids is 1.